The molecule has 3 aromatic heterocycles. The third kappa shape index (κ3) is 2.16. The van der Waals surface area contributed by atoms with Gasteiger partial charge in [-0.3, -0.25) is 4.79 Å². The quantitative estimate of drug-likeness (QED) is 0.574. The molecule has 0 spiro atoms. The second-order valence-corrected chi connectivity index (χ2v) is 4.06. The van der Waals surface area contributed by atoms with Crippen molar-refractivity contribution in [1.29, 1.82) is 0 Å². The highest BCUT2D eigenvalue weighted by Crippen LogP contribution is 2.11. The van der Waals surface area contributed by atoms with Crippen LogP contribution in [0.2, 0.25) is 0 Å². The first-order valence-electron chi connectivity index (χ1n) is 5.90. The summed E-state index contributed by atoms with van der Waals surface area (Å²) in [5.41, 5.74) is 3.71. The van der Waals surface area contributed by atoms with E-state index in [-0.39, 0.29) is 5.82 Å². The van der Waals surface area contributed by atoms with Crippen LogP contribution in [0, 0.1) is 0 Å². The SMILES string of the molecule is Cn1c(C(=O)N/N=C/c2ccco2)nc2ncccc21. The van der Waals surface area contributed by atoms with Crippen LogP contribution in [0.15, 0.2) is 46.2 Å². The molecule has 3 aromatic rings. The number of aromatic nitrogens is 3. The first-order chi connectivity index (χ1) is 9.75. The molecule has 7 heteroatoms. The molecule has 0 bridgehead atoms. The molecule has 0 atom stereocenters. The van der Waals surface area contributed by atoms with Crippen LogP contribution < -0.4 is 5.43 Å². The van der Waals surface area contributed by atoms with Crippen LogP contribution in [-0.2, 0) is 7.05 Å². The Kier molecular flexibility index (Phi) is 3.00. The Morgan fingerprint density at radius 2 is 2.35 bits per heavy atom. The van der Waals surface area contributed by atoms with E-state index in [9.17, 15) is 4.79 Å². The van der Waals surface area contributed by atoms with Crippen molar-refractivity contribution in [2.24, 2.45) is 12.1 Å². The Morgan fingerprint density at radius 3 is 3.10 bits per heavy atom. The summed E-state index contributed by atoms with van der Waals surface area (Å²) in [5.74, 6) is 0.389. The number of carbonyl (C=O) groups is 1. The minimum Gasteiger partial charge on any atom is -0.463 e. The van der Waals surface area contributed by atoms with Crippen molar-refractivity contribution in [3.63, 3.8) is 0 Å². The van der Waals surface area contributed by atoms with Gasteiger partial charge in [0.1, 0.15) is 5.76 Å². The number of nitrogens with one attached hydrogen (secondary N) is 1. The number of pyridine rings is 1. The molecular weight excluding hydrogens is 258 g/mol. The molecule has 100 valence electrons. The molecule has 0 saturated heterocycles. The molecule has 0 fully saturated rings. The zero-order chi connectivity index (χ0) is 13.9. The highest BCUT2D eigenvalue weighted by atomic mass is 16.3. The Morgan fingerprint density at radius 1 is 1.45 bits per heavy atom. The molecule has 1 N–H and O–H groups in total. The van der Waals surface area contributed by atoms with Crippen molar-refractivity contribution in [2.75, 3.05) is 0 Å². The minimum atomic E-state index is -0.409. The Bertz CT molecular complexity index is 773. The summed E-state index contributed by atoms with van der Waals surface area (Å²) in [6.07, 6.45) is 4.57. The van der Waals surface area contributed by atoms with E-state index in [0.29, 0.717) is 11.4 Å². The topological polar surface area (TPSA) is 85.3 Å². The summed E-state index contributed by atoms with van der Waals surface area (Å²) in [5, 5.41) is 3.81. The fraction of sp³-hybridized carbons (Fsp3) is 0.0769. The summed E-state index contributed by atoms with van der Waals surface area (Å²) in [6.45, 7) is 0. The monoisotopic (exact) mass is 269 g/mol. The van der Waals surface area contributed by atoms with Gasteiger partial charge in [0, 0.05) is 13.2 Å². The second-order valence-electron chi connectivity index (χ2n) is 4.06. The molecule has 7 nitrogen and oxygen atoms in total. The Hall–Kier alpha value is -2.96. The van der Waals surface area contributed by atoms with Crippen molar-refractivity contribution in [1.82, 2.24) is 20.0 Å². The number of hydrazone groups is 1. The summed E-state index contributed by atoms with van der Waals surface area (Å²) >= 11 is 0. The van der Waals surface area contributed by atoms with Crippen LogP contribution in [0.4, 0.5) is 0 Å². The molecule has 0 aliphatic heterocycles. The standard InChI is InChI=1S/C13H11N5O2/c1-18-10-5-2-6-14-11(10)16-12(18)13(19)17-15-8-9-4-3-7-20-9/h2-8H,1H3,(H,17,19)/b15-8+. The molecule has 0 aliphatic rings. The van der Waals surface area contributed by atoms with Gasteiger partial charge in [-0.25, -0.2) is 15.4 Å². The van der Waals surface area contributed by atoms with Crippen LogP contribution in [0.3, 0.4) is 0 Å². The number of nitrogens with zero attached hydrogens (tertiary/aromatic N) is 4. The summed E-state index contributed by atoms with van der Waals surface area (Å²) < 4.78 is 6.73. The highest BCUT2D eigenvalue weighted by Gasteiger charge is 2.14. The first kappa shape index (κ1) is 12.1. The van der Waals surface area contributed by atoms with Gasteiger partial charge in [0.2, 0.25) is 5.82 Å². The molecule has 0 saturated carbocycles. The van der Waals surface area contributed by atoms with Gasteiger partial charge in [0.05, 0.1) is 18.0 Å². The fourth-order valence-corrected chi connectivity index (χ4v) is 1.80. The lowest BCUT2D eigenvalue weighted by atomic mass is 10.4. The van der Waals surface area contributed by atoms with E-state index >= 15 is 0 Å². The maximum Gasteiger partial charge on any atom is 0.307 e. The lowest BCUT2D eigenvalue weighted by Crippen LogP contribution is -2.21. The van der Waals surface area contributed by atoms with Crippen molar-refractivity contribution >= 4 is 23.3 Å². The normalized spacial score (nSPS) is 11.2. The van der Waals surface area contributed by atoms with E-state index in [1.54, 1.807) is 36.0 Å². The second kappa shape index (κ2) is 4.96. The molecule has 1 amide bonds. The number of furan rings is 1. The van der Waals surface area contributed by atoms with Crippen molar-refractivity contribution < 1.29 is 9.21 Å². The van der Waals surface area contributed by atoms with Crippen LogP contribution in [0.1, 0.15) is 16.4 Å². The minimum absolute atomic E-state index is 0.246. The molecule has 20 heavy (non-hydrogen) atoms. The molecule has 0 radical (unpaired) electrons. The average molecular weight is 269 g/mol. The van der Waals surface area contributed by atoms with Crippen molar-refractivity contribution in [3.8, 4) is 0 Å². The van der Waals surface area contributed by atoms with Gasteiger partial charge in [0.25, 0.3) is 0 Å². The zero-order valence-electron chi connectivity index (χ0n) is 10.6. The first-order valence-corrected chi connectivity index (χ1v) is 5.90. The Labute approximate surface area is 113 Å². The smallest absolute Gasteiger partial charge is 0.307 e. The maximum atomic E-state index is 12.0. The van der Waals surface area contributed by atoms with E-state index in [4.69, 9.17) is 4.42 Å². The number of carbonyl (C=O) groups excluding carboxylic acids is 1. The van der Waals surface area contributed by atoms with Crippen molar-refractivity contribution in [3.05, 3.63) is 48.3 Å². The molecule has 0 unspecified atom stereocenters. The number of hydrogen-bond acceptors (Lipinski definition) is 5. The van der Waals surface area contributed by atoms with Crippen LogP contribution >= 0.6 is 0 Å². The number of amides is 1. The predicted octanol–water partition coefficient (Wildman–Crippen LogP) is 1.33. The van der Waals surface area contributed by atoms with Crippen molar-refractivity contribution in [2.45, 2.75) is 0 Å². The largest absolute Gasteiger partial charge is 0.463 e. The zero-order valence-corrected chi connectivity index (χ0v) is 10.6. The van der Waals surface area contributed by atoms with Crippen LogP contribution in [0.25, 0.3) is 11.2 Å². The molecule has 3 rings (SSSR count). The summed E-state index contributed by atoms with van der Waals surface area (Å²) in [7, 11) is 1.75. The number of fused-ring (bicyclic) bond motifs is 1. The molecule has 3 heterocycles. The average Bonchev–Trinajstić information content (AvgIpc) is 3.08. The van der Waals surface area contributed by atoms with Gasteiger partial charge in [0.15, 0.2) is 5.65 Å². The van der Waals surface area contributed by atoms with E-state index in [2.05, 4.69) is 20.5 Å². The van der Waals surface area contributed by atoms with Gasteiger partial charge < -0.3 is 8.98 Å². The number of imidazole rings is 1. The third-order valence-electron chi connectivity index (χ3n) is 2.76. The number of hydrogen-bond donors (Lipinski definition) is 1. The number of aryl methyl sites for hydroxylation is 1. The van der Waals surface area contributed by atoms with E-state index in [1.807, 2.05) is 6.07 Å². The van der Waals surface area contributed by atoms with Gasteiger partial charge in [-0.1, -0.05) is 0 Å². The third-order valence-corrected chi connectivity index (χ3v) is 2.76. The van der Waals surface area contributed by atoms with E-state index in [0.717, 1.165) is 5.52 Å². The van der Waals surface area contributed by atoms with E-state index in [1.165, 1.54) is 12.5 Å². The van der Waals surface area contributed by atoms with Gasteiger partial charge in [-0.15, -0.1) is 0 Å². The lowest BCUT2D eigenvalue weighted by Gasteiger charge is -1.99. The molecule has 0 aromatic carbocycles. The summed E-state index contributed by atoms with van der Waals surface area (Å²) in [4.78, 5) is 20.3. The highest BCUT2D eigenvalue weighted by molar-refractivity contribution is 5.94. The van der Waals surface area contributed by atoms with Gasteiger partial charge >= 0.3 is 5.91 Å². The fourth-order valence-electron chi connectivity index (χ4n) is 1.80. The van der Waals surface area contributed by atoms with E-state index < -0.39 is 5.91 Å². The van der Waals surface area contributed by atoms with Gasteiger partial charge in [-0.05, 0) is 24.3 Å². The number of rotatable bonds is 3. The molecule has 0 aliphatic carbocycles. The lowest BCUT2D eigenvalue weighted by molar-refractivity contribution is 0.0942. The molecular formula is C13H11N5O2. The van der Waals surface area contributed by atoms with Crippen LogP contribution in [-0.4, -0.2) is 26.7 Å². The maximum absolute atomic E-state index is 12.0. The Balaban J connectivity index is 1.80. The van der Waals surface area contributed by atoms with Gasteiger partial charge in [-0.2, -0.15) is 5.10 Å². The summed E-state index contributed by atoms with van der Waals surface area (Å²) in [6, 6.07) is 7.11. The van der Waals surface area contributed by atoms with Crippen LogP contribution in [0.5, 0.6) is 0 Å². The predicted molar refractivity (Wildman–Crippen MR) is 72.3 cm³/mol.